The number of H-pyrrole nitrogens is 1. The number of fused-ring (bicyclic) bond motifs is 1. The molecule has 18 heavy (non-hydrogen) atoms. The SMILES string of the molecule is O=C1Nc2ccc(Cl)cc2/C1=N/c1n[nH]c(=S)s1. The Bertz CT molecular complexity index is 733. The fourth-order valence-electron chi connectivity index (χ4n) is 1.60. The molecule has 0 unspecified atom stereocenters. The number of amides is 1. The largest absolute Gasteiger partial charge is 0.320 e. The summed E-state index contributed by atoms with van der Waals surface area (Å²) in [6.45, 7) is 0. The Morgan fingerprint density at radius 1 is 1.44 bits per heavy atom. The van der Waals surface area contributed by atoms with Crippen molar-refractivity contribution in [3.63, 3.8) is 0 Å². The summed E-state index contributed by atoms with van der Waals surface area (Å²) in [4.78, 5) is 16.0. The van der Waals surface area contributed by atoms with Crippen LogP contribution in [0.5, 0.6) is 0 Å². The first-order chi connectivity index (χ1) is 8.63. The van der Waals surface area contributed by atoms with E-state index in [0.717, 1.165) is 0 Å². The fraction of sp³-hybridized carbons (Fsp3) is 0. The topological polar surface area (TPSA) is 70.1 Å². The lowest BCUT2D eigenvalue weighted by Gasteiger charge is -1.97. The molecular formula is C10H5ClN4OS2. The summed E-state index contributed by atoms with van der Waals surface area (Å²) in [6.07, 6.45) is 0. The van der Waals surface area contributed by atoms with Gasteiger partial charge in [-0.3, -0.25) is 9.89 Å². The van der Waals surface area contributed by atoms with Crippen LogP contribution in [0.2, 0.25) is 5.02 Å². The van der Waals surface area contributed by atoms with Crippen LogP contribution in [0.4, 0.5) is 10.8 Å². The monoisotopic (exact) mass is 296 g/mol. The molecular weight excluding hydrogens is 292 g/mol. The number of aromatic nitrogens is 2. The summed E-state index contributed by atoms with van der Waals surface area (Å²) in [5.41, 5.74) is 1.67. The molecule has 2 heterocycles. The lowest BCUT2D eigenvalue weighted by Crippen LogP contribution is -2.13. The van der Waals surface area contributed by atoms with Gasteiger partial charge in [0.15, 0.2) is 3.95 Å². The van der Waals surface area contributed by atoms with Crippen molar-refractivity contribution in [2.24, 2.45) is 4.99 Å². The van der Waals surface area contributed by atoms with Gasteiger partial charge in [0.25, 0.3) is 5.91 Å². The number of hydrogen-bond donors (Lipinski definition) is 2. The number of rotatable bonds is 1. The molecule has 1 aliphatic rings. The van der Waals surface area contributed by atoms with E-state index in [-0.39, 0.29) is 5.91 Å². The van der Waals surface area contributed by atoms with E-state index < -0.39 is 0 Å². The van der Waals surface area contributed by atoms with Crippen LogP contribution in [0.15, 0.2) is 23.2 Å². The van der Waals surface area contributed by atoms with Crippen LogP contribution in [-0.4, -0.2) is 21.8 Å². The molecule has 3 rings (SSSR count). The Labute approximate surface area is 116 Å². The minimum atomic E-state index is -0.270. The van der Waals surface area contributed by atoms with Gasteiger partial charge >= 0.3 is 0 Å². The Balaban J connectivity index is 2.14. The molecule has 0 atom stereocenters. The van der Waals surface area contributed by atoms with Crippen molar-refractivity contribution in [1.82, 2.24) is 10.2 Å². The fourth-order valence-corrected chi connectivity index (χ4v) is 2.53. The predicted molar refractivity (Wildman–Crippen MR) is 73.6 cm³/mol. The van der Waals surface area contributed by atoms with E-state index in [1.54, 1.807) is 18.2 Å². The highest BCUT2D eigenvalue weighted by molar-refractivity contribution is 7.73. The van der Waals surface area contributed by atoms with Gasteiger partial charge in [-0.05, 0) is 30.4 Å². The first-order valence-corrected chi connectivity index (χ1v) is 6.49. The minimum Gasteiger partial charge on any atom is -0.320 e. The lowest BCUT2D eigenvalue weighted by molar-refractivity contribution is -0.110. The van der Waals surface area contributed by atoms with Crippen molar-refractivity contribution in [1.29, 1.82) is 0 Å². The summed E-state index contributed by atoms with van der Waals surface area (Å²) in [5, 5.41) is 10.2. The second-order valence-corrected chi connectivity index (χ2v) is 5.58. The van der Waals surface area contributed by atoms with Gasteiger partial charge in [-0.15, -0.1) is 5.10 Å². The molecule has 1 amide bonds. The van der Waals surface area contributed by atoms with Crippen LogP contribution in [-0.2, 0) is 4.79 Å². The number of nitrogens with zero attached hydrogens (tertiary/aromatic N) is 2. The quantitative estimate of drug-likeness (QED) is 0.795. The van der Waals surface area contributed by atoms with E-state index in [0.29, 0.717) is 31.1 Å². The van der Waals surface area contributed by atoms with Crippen LogP contribution in [0, 0.1) is 3.95 Å². The molecule has 1 aromatic heterocycles. The van der Waals surface area contributed by atoms with Gasteiger partial charge in [-0.2, -0.15) is 0 Å². The Morgan fingerprint density at radius 2 is 2.28 bits per heavy atom. The number of nitrogens with one attached hydrogen (secondary N) is 2. The Hall–Kier alpha value is -1.57. The molecule has 8 heteroatoms. The van der Waals surface area contributed by atoms with Crippen LogP contribution in [0.1, 0.15) is 5.56 Å². The molecule has 0 spiro atoms. The first-order valence-electron chi connectivity index (χ1n) is 4.89. The van der Waals surface area contributed by atoms with Crippen molar-refractivity contribution < 1.29 is 4.79 Å². The molecule has 0 fully saturated rings. The van der Waals surface area contributed by atoms with E-state index in [1.807, 2.05) is 0 Å². The van der Waals surface area contributed by atoms with Gasteiger partial charge in [-0.1, -0.05) is 22.9 Å². The molecule has 2 aromatic rings. The molecule has 0 aliphatic carbocycles. The zero-order valence-corrected chi connectivity index (χ0v) is 11.1. The van der Waals surface area contributed by atoms with Gasteiger partial charge in [-0.25, -0.2) is 4.99 Å². The standard InChI is InChI=1S/C10H5ClN4OS2/c11-4-1-2-6-5(3-4)7(8(16)12-6)13-9-14-15-10(17)18-9/h1-3H,(H,15,17)(H,12,13,14,16). The molecule has 2 N–H and O–H groups in total. The maximum Gasteiger partial charge on any atom is 0.275 e. The molecule has 0 bridgehead atoms. The second-order valence-electron chi connectivity index (χ2n) is 3.50. The summed E-state index contributed by atoms with van der Waals surface area (Å²) >= 11 is 12.0. The third kappa shape index (κ3) is 1.96. The van der Waals surface area contributed by atoms with Crippen LogP contribution < -0.4 is 5.32 Å². The zero-order valence-electron chi connectivity index (χ0n) is 8.73. The highest BCUT2D eigenvalue weighted by atomic mass is 35.5. The Morgan fingerprint density at radius 3 is 3.00 bits per heavy atom. The molecule has 90 valence electrons. The number of carbonyl (C=O) groups is 1. The van der Waals surface area contributed by atoms with E-state index in [2.05, 4.69) is 20.5 Å². The number of carbonyl (C=O) groups excluding carboxylic acids is 1. The summed E-state index contributed by atoms with van der Waals surface area (Å²) in [6, 6.07) is 5.15. The lowest BCUT2D eigenvalue weighted by atomic mass is 10.1. The summed E-state index contributed by atoms with van der Waals surface area (Å²) in [5.74, 6) is -0.270. The third-order valence-corrected chi connectivity index (χ3v) is 3.55. The van der Waals surface area contributed by atoms with Gasteiger partial charge < -0.3 is 5.32 Å². The van der Waals surface area contributed by atoms with Crippen molar-refractivity contribution in [3.8, 4) is 0 Å². The molecule has 0 saturated heterocycles. The van der Waals surface area contributed by atoms with E-state index in [9.17, 15) is 4.79 Å². The normalized spacial score (nSPS) is 15.8. The average molecular weight is 297 g/mol. The van der Waals surface area contributed by atoms with Crippen molar-refractivity contribution >= 4 is 57.6 Å². The number of benzene rings is 1. The highest BCUT2D eigenvalue weighted by Crippen LogP contribution is 2.28. The predicted octanol–water partition coefficient (Wildman–Crippen LogP) is 2.93. The summed E-state index contributed by atoms with van der Waals surface area (Å²) in [7, 11) is 0. The zero-order chi connectivity index (χ0) is 12.7. The molecule has 0 saturated carbocycles. The summed E-state index contributed by atoms with van der Waals surface area (Å²) < 4.78 is 0.513. The number of hydrogen-bond acceptors (Lipinski definition) is 5. The van der Waals surface area contributed by atoms with Crippen molar-refractivity contribution in [2.75, 3.05) is 5.32 Å². The smallest absolute Gasteiger partial charge is 0.275 e. The van der Waals surface area contributed by atoms with Crippen LogP contribution in [0.3, 0.4) is 0 Å². The average Bonchev–Trinajstić information content (AvgIpc) is 2.86. The second kappa shape index (κ2) is 4.27. The van der Waals surface area contributed by atoms with E-state index >= 15 is 0 Å². The molecule has 0 radical (unpaired) electrons. The van der Waals surface area contributed by atoms with Crippen LogP contribution in [0.25, 0.3) is 0 Å². The molecule has 5 nitrogen and oxygen atoms in total. The van der Waals surface area contributed by atoms with Crippen molar-refractivity contribution in [3.05, 3.63) is 32.7 Å². The van der Waals surface area contributed by atoms with Gasteiger partial charge in [0, 0.05) is 10.6 Å². The maximum absolute atomic E-state index is 11.8. The van der Waals surface area contributed by atoms with Gasteiger partial charge in [0.1, 0.15) is 5.71 Å². The molecule has 1 aliphatic heterocycles. The Kier molecular flexibility index (Phi) is 2.73. The van der Waals surface area contributed by atoms with E-state index in [4.69, 9.17) is 23.8 Å². The van der Waals surface area contributed by atoms with Crippen molar-refractivity contribution in [2.45, 2.75) is 0 Å². The van der Waals surface area contributed by atoms with Crippen LogP contribution >= 0.6 is 35.2 Å². The third-order valence-electron chi connectivity index (χ3n) is 2.33. The van der Waals surface area contributed by atoms with E-state index in [1.165, 1.54) is 11.3 Å². The van der Waals surface area contributed by atoms with Gasteiger partial charge in [0.2, 0.25) is 5.13 Å². The number of halogens is 1. The number of aromatic amines is 1. The number of anilines is 1. The molecule has 1 aromatic carbocycles. The maximum atomic E-state index is 11.8. The first kappa shape index (κ1) is 11.5. The minimum absolute atomic E-state index is 0.270. The van der Waals surface area contributed by atoms with Gasteiger partial charge in [0.05, 0.1) is 5.69 Å². The highest BCUT2D eigenvalue weighted by Gasteiger charge is 2.26. The number of aliphatic imine (C=N–C) groups is 1.